The average Bonchev–Trinajstić information content (AvgIpc) is 2.35. The summed E-state index contributed by atoms with van der Waals surface area (Å²) in [6.45, 7) is 8.45. The van der Waals surface area contributed by atoms with Gasteiger partial charge in [0.2, 0.25) is 0 Å². The summed E-state index contributed by atoms with van der Waals surface area (Å²) in [5.41, 5.74) is 7.21. The molecule has 0 fully saturated rings. The molecule has 0 aliphatic rings. The van der Waals surface area contributed by atoms with Crippen molar-refractivity contribution in [1.29, 1.82) is 0 Å². The number of rotatable bonds is 6. The van der Waals surface area contributed by atoms with Gasteiger partial charge in [-0.3, -0.25) is 0 Å². The maximum atomic E-state index is 6.24. The van der Waals surface area contributed by atoms with E-state index in [4.69, 9.17) is 10.5 Å². The SMILES string of the molecule is CCC(N)C(OC(C)(C)CC)c1cccc(Br)c1. The molecule has 0 saturated heterocycles. The molecule has 3 heteroatoms. The van der Waals surface area contributed by atoms with Gasteiger partial charge >= 0.3 is 0 Å². The van der Waals surface area contributed by atoms with Gasteiger partial charge in [-0.05, 0) is 44.4 Å². The van der Waals surface area contributed by atoms with Gasteiger partial charge in [-0.2, -0.15) is 0 Å². The van der Waals surface area contributed by atoms with Gasteiger partial charge in [-0.25, -0.2) is 0 Å². The fraction of sp³-hybridized carbons (Fsp3) is 0.600. The van der Waals surface area contributed by atoms with E-state index >= 15 is 0 Å². The van der Waals surface area contributed by atoms with Gasteiger partial charge < -0.3 is 10.5 Å². The number of nitrogens with two attached hydrogens (primary N) is 1. The molecule has 0 bridgehead atoms. The predicted molar refractivity (Wildman–Crippen MR) is 80.6 cm³/mol. The first-order valence-corrected chi connectivity index (χ1v) is 7.37. The van der Waals surface area contributed by atoms with Crippen LogP contribution < -0.4 is 5.73 Å². The molecule has 0 spiro atoms. The van der Waals surface area contributed by atoms with Gasteiger partial charge in [0.25, 0.3) is 0 Å². The quantitative estimate of drug-likeness (QED) is 0.843. The lowest BCUT2D eigenvalue weighted by molar-refractivity contribution is -0.0858. The normalized spacial score (nSPS) is 15.4. The molecule has 2 atom stereocenters. The highest BCUT2D eigenvalue weighted by atomic mass is 79.9. The number of halogens is 1. The van der Waals surface area contributed by atoms with Crippen LogP contribution in [0.5, 0.6) is 0 Å². The van der Waals surface area contributed by atoms with Crippen molar-refractivity contribution in [3.05, 3.63) is 34.3 Å². The Morgan fingerprint density at radius 3 is 2.50 bits per heavy atom. The van der Waals surface area contributed by atoms with Crippen LogP contribution >= 0.6 is 15.9 Å². The number of hydrogen-bond acceptors (Lipinski definition) is 2. The van der Waals surface area contributed by atoms with Crippen LogP contribution in [0, 0.1) is 0 Å². The molecule has 0 aliphatic carbocycles. The maximum absolute atomic E-state index is 6.24. The van der Waals surface area contributed by atoms with E-state index in [0.717, 1.165) is 22.9 Å². The van der Waals surface area contributed by atoms with Crippen molar-refractivity contribution in [3.63, 3.8) is 0 Å². The summed E-state index contributed by atoms with van der Waals surface area (Å²) in [5.74, 6) is 0. The lowest BCUT2D eigenvalue weighted by Crippen LogP contribution is -2.36. The Bertz CT molecular complexity index is 379. The molecule has 18 heavy (non-hydrogen) atoms. The van der Waals surface area contributed by atoms with Gasteiger partial charge in [0, 0.05) is 10.5 Å². The monoisotopic (exact) mass is 313 g/mol. The minimum atomic E-state index is -0.153. The van der Waals surface area contributed by atoms with Gasteiger partial charge in [0.1, 0.15) is 0 Å². The second-order valence-corrected chi connectivity index (χ2v) is 6.19. The molecule has 0 heterocycles. The highest BCUT2D eigenvalue weighted by molar-refractivity contribution is 9.10. The molecule has 0 amide bonds. The van der Waals surface area contributed by atoms with Gasteiger partial charge in [-0.15, -0.1) is 0 Å². The van der Waals surface area contributed by atoms with Crippen LogP contribution in [0.3, 0.4) is 0 Å². The summed E-state index contributed by atoms with van der Waals surface area (Å²) in [4.78, 5) is 0. The van der Waals surface area contributed by atoms with Crippen molar-refractivity contribution >= 4 is 15.9 Å². The van der Waals surface area contributed by atoms with Crippen molar-refractivity contribution in [1.82, 2.24) is 0 Å². The molecule has 1 aromatic rings. The number of ether oxygens (including phenoxy) is 1. The summed E-state index contributed by atoms with van der Waals surface area (Å²) in [6.07, 6.45) is 1.81. The summed E-state index contributed by atoms with van der Waals surface area (Å²) >= 11 is 3.50. The summed E-state index contributed by atoms with van der Waals surface area (Å²) in [5, 5.41) is 0. The summed E-state index contributed by atoms with van der Waals surface area (Å²) < 4.78 is 7.30. The van der Waals surface area contributed by atoms with E-state index in [1.807, 2.05) is 12.1 Å². The zero-order valence-electron chi connectivity index (χ0n) is 11.7. The molecule has 0 radical (unpaired) electrons. The molecule has 0 aliphatic heterocycles. The van der Waals surface area contributed by atoms with Crippen molar-refractivity contribution in [2.24, 2.45) is 5.73 Å². The van der Waals surface area contributed by atoms with E-state index in [-0.39, 0.29) is 17.7 Å². The molecular formula is C15H24BrNO. The second-order valence-electron chi connectivity index (χ2n) is 5.28. The number of hydrogen-bond donors (Lipinski definition) is 1. The topological polar surface area (TPSA) is 35.2 Å². The van der Waals surface area contributed by atoms with Crippen molar-refractivity contribution < 1.29 is 4.74 Å². The molecule has 0 aromatic heterocycles. The Balaban J connectivity index is 2.99. The molecule has 1 rings (SSSR count). The summed E-state index contributed by atoms with van der Waals surface area (Å²) in [7, 11) is 0. The molecule has 1 aromatic carbocycles. The second kappa shape index (κ2) is 6.69. The van der Waals surface area contributed by atoms with Crippen molar-refractivity contribution in [2.75, 3.05) is 0 Å². The van der Waals surface area contributed by atoms with Crippen LogP contribution in [-0.2, 0) is 4.74 Å². The van der Waals surface area contributed by atoms with Crippen molar-refractivity contribution in [3.8, 4) is 0 Å². The van der Waals surface area contributed by atoms with Crippen LogP contribution in [0.1, 0.15) is 52.2 Å². The molecule has 2 unspecified atom stereocenters. The van der Waals surface area contributed by atoms with Crippen LogP contribution in [0.15, 0.2) is 28.7 Å². The number of benzene rings is 1. The van der Waals surface area contributed by atoms with E-state index in [9.17, 15) is 0 Å². The fourth-order valence-electron chi connectivity index (χ4n) is 1.73. The van der Waals surface area contributed by atoms with Crippen molar-refractivity contribution in [2.45, 2.75) is 58.3 Å². The third-order valence-corrected chi connectivity index (χ3v) is 3.83. The zero-order valence-corrected chi connectivity index (χ0v) is 13.3. The third-order valence-electron chi connectivity index (χ3n) is 3.33. The van der Waals surface area contributed by atoms with Crippen LogP contribution in [0.4, 0.5) is 0 Å². The first kappa shape index (κ1) is 15.7. The molecule has 2 nitrogen and oxygen atoms in total. The highest BCUT2D eigenvalue weighted by Crippen LogP contribution is 2.30. The van der Waals surface area contributed by atoms with E-state index in [0.29, 0.717) is 0 Å². The average molecular weight is 314 g/mol. The Morgan fingerprint density at radius 2 is 2.00 bits per heavy atom. The third kappa shape index (κ3) is 4.38. The minimum Gasteiger partial charge on any atom is -0.366 e. The highest BCUT2D eigenvalue weighted by Gasteiger charge is 2.27. The fourth-order valence-corrected chi connectivity index (χ4v) is 2.14. The van der Waals surface area contributed by atoms with E-state index in [1.165, 1.54) is 0 Å². The Hall–Kier alpha value is -0.380. The largest absolute Gasteiger partial charge is 0.366 e. The maximum Gasteiger partial charge on any atom is 0.0983 e. The predicted octanol–water partition coefficient (Wildman–Crippen LogP) is 4.43. The van der Waals surface area contributed by atoms with Crippen LogP contribution in [-0.4, -0.2) is 11.6 Å². The van der Waals surface area contributed by atoms with E-state index < -0.39 is 0 Å². The van der Waals surface area contributed by atoms with Crippen LogP contribution in [0.2, 0.25) is 0 Å². The van der Waals surface area contributed by atoms with Gasteiger partial charge in [0.05, 0.1) is 11.7 Å². The lowest BCUT2D eigenvalue weighted by Gasteiger charge is -2.33. The molecule has 0 saturated carbocycles. The van der Waals surface area contributed by atoms with Crippen LogP contribution in [0.25, 0.3) is 0 Å². The standard InChI is InChI=1S/C15H24BrNO/c1-5-13(17)14(18-15(3,4)6-2)11-8-7-9-12(16)10-11/h7-10,13-14H,5-6,17H2,1-4H3. The first-order valence-electron chi connectivity index (χ1n) is 6.58. The van der Waals surface area contributed by atoms with Gasteiger partial charge in [-0.1, -0.05) is 41.9 Å². The Morgan fingerprint density at radius 1 is 1.33 bits per heavy atom. The molecule has 102 valence electrons. The van der Waals surface area contributed by atoms with Gasteiger partial charge in [0.15, 0.2) is 0 Å². The Kier molecular flexibility index (Phi) is 5.83. The Labute approximate surface area is 119 Å². The van der Waals surface area contributed by atoms with E-state index in [1.54, 1.807) is 0 Å². The zero-order chi connectivity index (χ0) is 13.8. The molecule has 2 N–H and O–H groups in total. The van der Waals surface area contributed by atoms with E-state index in [2.05, 4.69) is 55.8 Å². The first-order chi connectivity index (χ1) is 8.39. The smallest absolute Gasteiger partial charge is 0.0983 e. The lowest BCUT2D eigenvalue weighted by atomic mass is 9.98. The molecular weight excluding hydrogens is 290 g/mol. The minimum absolute atomic E-state index is 0.0186. The summed E-state index contributed by atoms with van der Waals surface area (Å²) in [6, 6.07) is 8.23.